The van der Waals surface area contributed by atoms with Crippen molar-refractivity contribution in [1.82, 2.24) is 106 Å². The van der Waals surface area contributed by atoms with Crippen molar-refractivity contribution < 1.29 is 0 Å². The lowest BCUT2D eigenvalue weighted by Crippen LogP contribution is -1.85. The smallest absolute Gasteiger partial charge is 0.147 e. The summed E-state index contributed by atoms with van der Waals surface area (Å²) >= 11 is 0. The Labute approximate surface area is 490 Å². The van der Waals surface area contributed by atoms with Crippen LogP contribution in [0, 0.1) is 62.3 Å². The monoisotopic (exact) mass is 1120 g/mol. The molecule has 0 aromatic carbocycles. The van der Waals surface area contributed by atoms with Gasteiger partial charge in [-0.15, -0.1) is 10.2 Å². The number of aromatic nitrogens is 21. The van der Waals surface area contributed by atoms with Crippen molar-refractivity contribution in [3.05, 3.63) is 200 Å². The summed E-state index contributed by atoms with van der Waals surface area (Å²) in [6, 6.07) is 9.34. The first-order chi connectivity index (χ1) is 39.5. The fraction of sp³-hybridized carbons (Fsp3) is 0.450. The van der Waals surface area contributed by atoms with Crippen LogP contribution in [0.2, 0.25) is 0 Å². The number of rotatable bonds is 0. The lowest BCUT2D eigenvalue weighted by Gasteiger charge is -1.81. The number of aryl methyl sites for hydroxylation is 9. The van der Waals surface area contributed by atoms with Crippen molar-refractivity contribution in [1.29, 1.82) is 0 Å². The minimum Gasteiger partial charge on any atom is -0.261 e. The zero-order valence-electron chi connectivity index (χ0n) is 54.7. The van der Waals surface area contributed by atoms with Crippen LogP contribution in [0.3, 0.4) is 0 Å². The largest absolute Gasteiger partial charge is 0.261 e. The van der Waals surface area contributed by atoms with Gasteiger partial charge >= 0.3 is 0 Å². The van der Waals surface area contributed by atoms with Crippen LogP contribution in [0.25, 0.3) is 0 Å². The molecule has 450 valence electrons. The third kappa shape index (κ3) is 85.7. The highest BCUT2D eigenvalue weighted by molar-refractivity contribution is 5.00. The maximum absolute atomic E-state index is 3.92. The molecule has 21 nitrogen and oxygen atoms in total. The summed E-state index contributed by atoms with van der Waals surface area (Å²) in [5.74, 6) is 2.29. The van der Waals surface area contributed by atoms with Crippen LogP contribution in [0.4, 0.5) is 0 Å². The summed E-state index contributed by atoms with van der Waals surface area (Å²) in [7, 11) is 0. The highest BCUT2D eigenvalue weighted by atomic mass is 15.1. The molecule has 81 heavy (non-hydrogen) atoms. The van der Waals surface area contributed by atoms with Crippen molar-refractivity contribution >= 4 is 0 Å². The van der Waals surface area contributed by atoms with E-state index >= 15 is 0 Å². The maximum atomic E-state index is 3.92. The van der Waals surface area contributed by atoms with Crippen LogP contribution in [0.5, 0.6) is 0 Å². The molecule has 0 amide bonds. The van der Waals surface area contributed by atoms with Gasteiger partial charge in [0.2, 0.25) is 0 Å². The van der Waals surface area contributed by atoms with Crippen LogP contribution in [0.1, 0.15) is 176 Å². The van der Waals surface area contributed by atoms with E-state index in [2.05, 4.69) is 106 Å². The minimum absolute atomic E-state index is 0.711. The zero-order chi connectivity index (χ0) is 64.0. The van der Waals surface area contributed by atoms with E-state index in [9.17, 15) is 0 Å². The zero-order valence-corrected chi connectivity index (χ0v) is 54.7. The van der Waals surface area contributed by atoms with E-state index in [1.807, 2.05) is 204 Å². The second-order valence-corrected chi connectivity index (χ2v) is 11.8. The molecule has 0 N–H and O–H groups in total. The molecule has 0 aliphatic heterocycles. The van der Waals surface area contributed by atoms with Crippen molar-refractivity contribution in [3.63, 3.8) is 0 Å². The molecule has 0 saturated heterocycles. The van der Waals surface area contributed by atoms with Crippen LogP contribution in [-0.4, -0.2) is 106 Å². The highest BCUT2D eigenvalue weighted by Crippen LogP contribution is 1.87. The van der Waals surface area contributed by atoms with Gasteiger partial charge in [-0.25, -0.2) is 54.8 Å². The normalized spacial score (nSPS) is 7.44. The molecule has 0 aliphatic carbocycles. The molecule has 9 aromatic rings. The highest BCUT2D eigenvalue weighted by Gasteiger charge is 1.80. The predicted octanol–water partition coefficient (Wildman–Crippen LogP) is 14.5. The number of nitrogens with zero attached hydrogens (tertiary/aromatic N) is 21. The second kappa shape index (κ2) is 88.1. The molecule has 0 fully saturated rings. The predicted molar refractivity (Wildman–Crippen MR) is 336 cm³/mol. The van der Waals surface area contributed by atoms with Crippen LogP contribution in [0.15, 0.2) is 149 Å². The number of hydrogen-bond acceptors (Lipinski definition) is 21. The molecule has 0 aliphatic rings. The van der Waals surface area contributed by atoms with Crippen LogP contribution >= 0.6 is 0 Å². The SMILES string of the molecule is CC.CC.CC.CC.CC.CC.CC.CC.CC.Cc1cccnn1.Cc1ccncn1.Cc1ccnnc1.Cc1cnccn1.Cc1cncnc1.Cc1cncnn1.Cc1ncccn1.Cc1nccnn1.Cc1ncncn1. The molecule has 21 heteroatoms. The second-order valence-electron chi connectivity index (χ2n) is 11.8. The summed E-state index contributed by atoms with van der Waals surface area (Å²) in [6.45, 7) is 53.0. The molecule has 9 aromatic heterocycles. The summed E-state index contributed by atoms with van der Waals surface area (Å²) in [6.07, 6.45) is 31.1. The van der Waals surface area contributed by atoms with Gasteiger partial charge in [0.25, 0.3) is 0 Å². The van der Waals surface area contributed by atoms with Gasteiger partial charge in [-0.1, -0.05) is 125 Å². The molecular weight excluding hydrogens is 1010 g/mol. The van der Waals surface area contributed by atoms with E-state index < -0.39 is 0 Å². The van der Waals surface area contributed by atoms with E-state index in [1.165, 1.54) is 31.6 Å². The minimum atomic E-state index is 0.711. The third-order valence-corrected chi connectivity index (χ3v) is 6.06. The van der Waals surface area contributed by atoms with Gasteiger partial charge in [0.05, 0.1) is 35.7 Å². The first-order valence-electron chi connectivity index (χ1n) is 27.7. The van der Waals surface area contributed by atoms with E-state index in [4.69, 9.17) is 0 Å². The molecule has 9 rings (SSSR count). The van der Waals surface area contributed by atoms with Gasteiger partial charge in [0, 0.05) is 73.9 Å². The Balaban J connectivity index is -0.0000000993. The van der Waals surface area contributed by atoms with Crippen molar-refractivity contribution in [2.75, 3.05) is 0 Å². The van der Waals surface area contributed by atoms with Crippen molar-refractivity contribution in [2.24, 2.45) is 0 Å². The first-order valence-corrected chi connectivity index (χ1v) is 27.7. The lowest BCUT2D eigenvalue weighted by molar-refractivity contribution is 0.907. The average Bonchev–Trinajstić information content (AvgIpc) is 3.55. The summed E-state index contributed by atoms with van der Waals surface area (Å²) < 4.78 is 0. The molecule has 0 bridgehead atoms. The van der Waals surface area contributed by atoms with Gasteiger partial charge < -0.3 is 0 Å². The molecule has 0 saturated carbocycles. The fourth-order valence-electron chi connectivity index (χ4n) is 3.14. The first kappa shape index (κ1) is 91.9. The van der Waals surface area contributed by atoms with Crippen LogP contribution in [-0.2, 0) is 0 Å². The van der Waals surface area contributed by atoms with Gasteiger partial charge in [-0.2, -0.15) is 30.6 Å². The lowest BCUT2D eigenvalue weighted by atomic mass is 10.4. The van der Waals surface area contributed by atoms with Crippen LogP contribution < -0.4 is 0 Å². The topological polar surface area (TPSA) is 271 Å². The van der Waals surface area contributed by atoms with E-state index in [0.717, 1.165) is 45.6 Å². The number of hydrogen-bond donors (Lipinski definition) is 0. The molecule has 0 unspecified atom stereocenters. The molecule has 0 spiro atoms. The van der Waals surface area contributed by atoms with Crippen molar-refractivity contribution in [2.45, 2.75) is 187 Å². The summed E-state index contributed by atoms with van der Waals surface area (Å²) in [4.78, 5) is 49.3. The molecule has 0 radical (unpaired) electrons. The van der Waals surface area contributed by atoms with E-state index in [-0.39, 0.29) is 0 Å². The Kier molecular flexibility index (Phi) is 100. The van der Waals surface area contributed by atoms with E-state index in [1.54, 1.807) is 99.7 Å². The Morgan fingerprint density at radius 2 is 0.716 bits per heavy atom. The van der Waals surface area contributed by atoms with Gasteiger partial charge in [0.1, 0.15) is 49.1 Å². The maximum Gasteiger partial charge on any atom is 0.147 e. The Morgan fingerprint density at radius 3 is 0.938 bits per heavy atom. The summed E-state index contributed by atoms with van der Waals surface area (Å²) in [5, 5.41) is 29.0. The van der Waals surface area contributed by atoms with Gasteiger partial charge in [0.15, 0.2) is 0 Å². The fourth-order valence-corrected chi connectivity index (χ4v) is 3.14. The average molecular weight is 1120 g/mol. The molecule has 9 heterocycles. The Morgan fingerprint density at radius 1 is 0.222 bits per heavy atom. The van der Waals surface area contributed by atoms with Gasteiger partial charge in [-0.3, -0.25) is 9.97 Å². The van der Waals surface area contributed by atoms with Crippen molar-refractivity contribution in [3.8, 4) is 0 Å². The van der Waals surface area contributed by atoms with Gasteiger partial charge in [-0.05, 0) is 104 Å². The molecule has 0 atom stereocenters. The summed E-state index contributed by atoms with van der Waals surface area (Å²) in [5.41, 5.74) is 6.03. The quantitative estimate of drug-likeness (QED) is 0.136. The third-order valence-electron chi connectivity index (χ3n) is 6.06. The standard InChI is InChI=1S/6C5H6N2.3C4H5N3.9C2H6/c1-5-2-6-4-7-3-5;1-5-4-6-2-3-7-5;1-5-2-3-6-4-7-5;1-5-2-3-6-7-4-5;1-5-6-3-2-4-7-5;1-5-3-2-4-6-7-5;1-4-6-2-5-3-7-4;1-4-2-5-3-6-7-4;1-4-5-2-3-6-7-4;9*1-2/h6*2-4H,1H3;3*2-3H,1H3;9*1-2H3. The Bertz CT molecular complexity index is 1770. The van der Waals surface area contributed by atoms with E-state index in [0.29, 0.717) is 5.82 Å². The molecular formula is C60H105N21. The Hall–Kier alpha value is -8.49.